The van der Waals surface area contributed by atoms with Crippen LogP contribution in [0.15, 0.2) is 30.9 Å². The molecule has 1 aromatic rings. The number of hydrogen-bond donors (Lipinski definition) is 2. The third-order valence-electron chi connectivity index (χ3n) is 1.70. The second-order valence-corrected chi connectivity index (χ2v) is 2.72. The van der Waals surface area contributed by atoms with Crippen molar-refractivity contribution in [3.63, 3.8) is 0 Å². The summed E-state index contributed by atoms with van der Waals surface area (Å²) in [5.41, 5.74) is 4.67. The summed E-state index contributed by atoms with van der Waals surface area (Å²) in [6.07, 6.45) is 1.01. The first-order valence-corrected chi connectivity index (χ1v) is 4.08. The number of nitrogens with one attached hydrogen (secondary N) is 1. The van der Waals surface area contributed by atoms with Crippen LogP contribution in [0.3, 0.4) is 0 Å². The summed E-state index contributed by atoms with van der Waals surface area (Å²) in [7, 11) is 0. The SMILES string of the molecule is C=CC(=O)Nc1cccc(F)c1C(N)=O. The third-order valence-corrected chi connectivity index (χ3v) is 1.70. The van der Waals surface area contributed by atoms with E-state index in [-0.39, 0.29) is 11.3 Å². The molecule has 0 atom stereocenters. The number of rotatable bonds is 3. The standard InChI is InChI=1S/C10H9FN2O2/c1-2-8(14)13-7-5-3-4-6(11)9(7)10(12)15/h2-5H,1H2,(H2,12,15)(H,13,14). The molecule has 0 unspecified atom stereocenters. The van der Waals surface area contributed by atoms with Crippen LogP contribution in [-0.2, 0) is 4.79 Å². The van der Waals surface area contributed by atoms with Crippen molar-refractivity contribution in [1.29, 1.82) is 0 Å². The highest BCUT2D eigenvalue weighted by Crippen LogP contribution is 2.18. The van der Waals surface area contributed by atoms with Gasteiger partial charge in [0.05, 0.1) is 11.3 Å². The Kier molecular flexibility index (Phi) is 3.17. The van der Waals surface area contributed by atoms with Crippen LogP contribution in [0.4, 0.5) is 10.1 Å². The molecule has 0 bridgehead atoms. The molecule has 0 saturated carbocycles. The van der Waals surface area contributed by atoms with Gasteiger partial charge in [0.15, 0.2) is 0 Å². The van der Waals surface area contributed by atoms with Crippen LogP contribution in [-0.4, -0.2) is 11.8 Å². The average molecular weight is 208 g/mol. The maximum atomic E-state index is 13.2. The van der Waals surface area contributed by atoms with Crippen molar-refractivity contribution in [2.75, 3.05) is 5.32 Å². The molecule has 2 amide bonds. The topological polar surface area (TPSA) is 72.2 Å². The van der Waals surface area contributed by atoms with E-state index >= 15 is 0 Å². The largest absolute Gasteiger partial charge is 0.365 e. The van der Waals surface area contributed by atoms with E-state index in [1.807, 2.05) is 0 Å². The Hall–Kier alpha value is -2.17. The van der Waals surface area contributed by atoms with Gasteiger partial charge < -0.3 is 11.1 Å². The van der Waals surface area contributed by atoms with Crippen molar-refractivity contribution in [3.05, 3.63) is 42.2 Å². The monoisotopic (exact) mass is 208 g/mol. The van der Waals surface area contributed by atoms with Crippen LogP contribution >= 0.6 is 0 Å². The van der Waals surface area contributed by atoms with E-state index in [0.29, 0.717) is 0 Å². The summed E-state index contributed by atoms with van der Waals surface area (Å²) in [6, 6.07) is 3.83. The number of halogens is 1. The lowest BCUT2D eigenvalue weighted by molar-refractivity contribution is -0.111. The van der Waals surface area contributed by atoms with Crippen molar-refractivity contribution in [1.82, 2.24) is 0 Å². The summed E-state index contributed by atoms with van der Waals surface area (Å²) in [4.78, 5) is 21.9. The lowest BCUT2D eigenvalue weighted by Gasteiger charge is -2.07. The average Bonchev–Trinajstić information content (AvgIpc) is 2.17. The molecule has 0 fully saturated rings. The van der Waals surface area contributed by atoms with Crippen LogP contribution in [0.2, 0.25) is 0 Å². The highest BCUT2D eigenvalue weighted by Gasteiger charge is 2.14. The van der Waals surface area contributed by atoms with Gasteiger partial charge in [-0.1, -0.05) is 12.6 Å². The zero-order valence-electron chi connectivity index (χ0n) is 7.79. The summed E-state index contributed by atoms with van der Waals surface area (Å²) in [5, 5.41) is 2.28. The predicted molar refractivity (Wildman–Crippen MR) is 53.7 cm³/mol. The molecule has 3 N–H and O–H groups in total. The summed E-state index contributed by atoms with van der Waals surface area (Å²) < 4.78 is 13.2. The molecule has 1 rings (SSSR count). The quantitative estimate of drug-likeness (QED) is 0.728. The number of nitrogens with two attached hydrogens (primary N) is 1. The van der Waals surface area contributed by atoms with Gasteiger partial charge in [-0.05, 0) is 18.2 Å². The van der Waals surface area contributed by atoms with Crippen LogP contribution in [0, 0.1) is 5.82 Å². The molecule has 0 aliphatic heterocycles. The van der Waals surface area contributed by atoms with Crippen LogP contribution < -0.4 is 11.1 Å². The molecule has 0 spiro atoms. The van der Waals surface area contributed by atoms with Crippen LogP contribution in [0.25, 0.3) is 0 Å². The van der Waals surface area contributed by atoms with Crippen molar-refractivity contribution in [2.24, 2.45) is 5.73 Å². The lowest BCUT2D eigenvalue weighted by atomic mass is 10.1. The van der Waals surface area contributed by atoms with Crippen molar-refractivity contribution < 1.29 is 14.0 Å². The van der Waals surface area contributed by atoms with E-state index in [2.05, 4.69) is 11.9 Å². The van der Waals surface area contributed by atoms with Gasteiger partial charge in [0.2, 0.25) is 5.91 Å². The molecule has 1 aromatic carbocycles. The normalized spacial score (nSPS) is 9.40. The number of carbonyl (C=O) groups is 2. The van der Waals surface area contributed by atoms with E-state index in [4.69, 9.17) is 5.73 Å². The first-order valence-electron chi connectivity index (χ1n) is 4.08. The van der Waals surface area contributed by atoms with Gasteiger partial charge in [0.1, 0.15) is 5.82 Å². The maximum absolute atomic E-state index is 13.2. The zero-order valence-corrected chi connectivity index (χ0v) is 7.79. The lowest BCUT2D eigenvalue weighted by Crippen LogP contribution is -2.18. The number of hydrogen-bond acceptors (Lipinski definition) is 2. The zero-order chi connectivity index (χ0) is 11.4. The Labute approximate surface area is 85.6 Å². The second-order valence-electron chi connectivity index (χ2n) is 2.72. The molecule has 78 valence electrons. The number of amides is 2. The number of carbonyl (C=O) groups excluding carboxylic acids is 2. The third kappa shape index (κ3) is 2.40. The second kappa shape index (κ2) is 4.36. The molecule has 0 radical (unpaired) electrons. The molecule has 0 aliphatic carbocycles. The molecular formula is C10H9FN2O2. The van der Waals surface area contributed by atoms with Gasteiger partial charge in [-0.2, -0.15) is 0 Å². The van der Waals surface area contributed by atoms with E-state index in [1.165, 1.54) is 12.1 Å². The summed E-state index contributed by atoms with van der Waals surface area (Å²) in [5.74, 6) is -2.25. The predicted octanol–water partition coefficient (Wildman–Crippen LogP) is 1.05. The van der Waals surface area contributed by atoms with Gasteiger partial charge in [-0.3, -0.25) is 9.59 Å². The molecule has 0 heterocycles. The smallest absolute Gasteiger partial charge is 0.253 e. The molecule has 4 nitrogen and oxygen atoms in total. The molecule has 5 heteroatoms. The molecule has 0 saturated heterocycles. The molecule has 0 aromatic heterocycles. The Morgan fingerprint density at radius 1 is 1.47 bits per heavy atom. The van der Waals surface area contributed by atoms with E-state index in [9.17, 15) is 14.0 Å². The minimum atomic E-state index is -0.938. The summed E-state index contributed by atoms with van der Waals surface area (Å²) in [6.45, 7) is 3.23. The van der Waals surface area contributed by atoms with Crippen molar-refractivity contribution in [2.45, 2.75) is 0 Å². The Bertz CT molecular complexity index is 429. The summed E-state index contributed by atoms with van der Waals surface area (Å²) >= 11 is 0. The molecular weight excluding hydrogens is 199 g/mol. The Morgan fingerprint density at radius 2 is 2.13 bits per heavy atom. The minimum absolute atomic E-state index is 0.0346. The number of benzene rings is 1. The van der Waals surface area contributed by atoms with Crippen LogP contribution in [0.1, 0.15) is 10.4 Å². The van der Waals surface area contributed by atoms with Gasteiger partial charge in [-0.25, -0.2) is 4.39 Å². The fraction of sp³-hybridized carbons (Fsp3) is 0. The number of anilines is 1. The van der Waals surface area contributed by atoms with Gasteiger partial charge in [-0.15, -0.1) is 0 Å². The highest BCUT2D eigenvalue weighted by molar-refractivity contribution is 6.05. The van der Waals surface area contributed by atoms with E-state index < -0.39 is 17.6 Å². The molecule has 15 heavy (non-hydrogen) atoms. The van der Waals surface area contributed by atoms with Crippen molar-refractivity contribution in [3.8, 4) is 0 Å². The van der Waals surface area contributed by atoms with E-state index in [1.54, 1.807) is 0 Å². The van der Waals surface area contributed by atoms with Crippen molar-refractivity contribution >= 4 is 17.5 Å². The Balaban J connectivity index is 3.17. The number of primary amides is 1. The fourth-order valence-electron chi connectivity index (χ4n) is 1.06. The van der Waals surface area contributed by atoms with Crippen LogP contribution in [0.5, 0.6) is 0 Å². The van der Waals surface area contributed by atoms with Gasteiger partial charge in [0, 0.05) is 0 Å². The van der Waals surface area contributed by atoms with Gasteiger partial charge >= 0.3 is 0 Å². The fourth-order valence-corrected chi connectivity index (χ4v) is 1.06. The Morgan fingerprint density at radius 3 is 2.67 bits per heavy atom. The first kappa shape index (κ1) is 10.9. The highest BCUT2D eigenvalue weighted by atomic mass is 19.1. The first-order chi connectivity index (χ1) is 7.06. The molecule has 0 aliphatic rings. The minimum Gasteiger partial charge on any atom is -0.365 e. The maximum Gasteiger partial charge on any atom is 0.253 e. The van der Waals surface area contributed by atoms with E-state index in [0.717, 1.165) is 12.1 Å². The van der Waals surface area contributed by atoms with Gasteiger partial charge in [0.25, 0.3) is 5.91 Å².